The number of hydrogen-bond donors (Lipinski definition) is 1. The van der Waals surface area contributed by atoms with Gasteiger partial charge < -0.3 is 9.84 Å². The summed E-state index contributed by atoms with van der Waals surface area (Å²) in [5.41, 5.74) is 2.62. The van der Waals surface area contributed by atoms with E-state index in [2.05, 4.69) is 34.1 Å². The summed E-state index contributed by atoms with van der Waals surface area (Å²) < 4.78 is 5.52. The molecule has 0 unspecified atom stereocenters. The Balaban J connectivity index is 1.47. The number of pyridine rings is 1. The number of carboxylic acid groups (broad SMARTS) is 1. The van der Waals surface area contributed by atoms with Crippen molar-refractivity contribution in [2.24, 2.45) is 11.3 Å². The molecular formula is C20H22N2O3. The van der Waals surface area contributed by atoms with Gasteiger partial charge in [0.1, 0.15) is 0 Å². The highest BCUT2D eigenvalue weighted by Crippen LogP contribution is 2.42. The third-order valence-electron chi connectivity index (χ3n) is 5.52. The van der Waals surface area contributed by atoms with Gasteiger partial charge in [-0.25, -0.2) is 0 Å². The SMILES string of the molecule is O=C(O)[C@]12CCOC[C@H]1CN(Cc1ccc(-c3ccccn3)cc1)C2. The summed E-state index contributed by atoms with van der Waals surface area (Å²) in [4.78, 5) is 18.5. The topological polar surface area (TPSA) is 62.7 Å². The average Bonchev–Trinajstić information content (AvgIpc) is 3.02. The zero-order valence-corrected chi connectivity index (χ0v) is 14.1. The highest BCUT2D eigenvalue weighted by atomic mass is 16.5. The monoisotopic (exact) mass is 338 g/mol. The van der Waals surface area contributed by atoms with Gasteiger partial charge in [-0.1, -0.05) is 30.3 Å². The Labute approximate surface area is 147 Å². The predicted octanol–water partition coefficient (Wildman–Crippen LogP) is 2.67. The molecule has 2 saturated heterocycles. The van der Waals surface area contributed by atoms with Crippen LogP contribution in [0.1, 0.15) is 12.0 Å². The Morgan fingerprint density at radius 1 is 1.28 bits per heavy atom. The molecule has 0 aliphatic carbocycles. The standard InChI is InChI=1S/C20H22N2O3/c23-19(24)20-8-10-25-13-17(20)12-22(14-20)11-15-4-6-16(7-5-15)18-3-1-2-9-21-18/h1-7,9,17H,8,10-14H2,(H,23,24)/t17-,20+/m1/s1. The summed E-state index contributed by atoms with van der Waals surface area (Å²) >= 11 is 0. The van der Waals surface area contributed by atoms with Crippen molar-refractivity contribution in [3.63, 3.8) is 0 Å². The Kier molecular flexibility index (Phi) is 4.27. The van der Waals surface area contributed by atoms with Gasteiger partial charge >= 0.3 is 5.97 Å². The van der Waals surface area contributed by atoms with Crippen LogP contribution in [0, 0.1) is 11.3 Å². The lowest BCUT2D eigenvalue weighted by atomic mass is 9.74. The van der Waals surface area contributed by atoms with Gasteiger partial charge in [0.15, 0.2) is 0 Å². The summed E-state index contributed by atoms with van der Waals surface area (Å²) in [6.07, 6.45) is 2.41. The van der Waals surface area contributed by atoms with E-state index in [9.17, 15) is 9.90 Å². The molecule has 2 fully saturated rings. The number of ether oxygens (including phenoxy) is 1. The molecule has 5 heteroatoms. The summed E-state index contributed by atoms with van der Waals surface area (Å²) in [6.45, 7) is 3.28. The summed E-state index contributed by atoms with van der Waals surface area (Å²) in [5.74, 6) is -0.583. The first-order valence-electron chi connectivity index (χ1n) is 8.71. The molecule has 0 bridgehead atoms. The van der Waals surface area contributed by atoms with Crippen molar-refractivity contribution in [3.05, 3.63) is 54.2 Å². The Morgan fingerprint density at radius 2 is 2.12 bits per heavy atom. The van der Waals surface area contributed by atoms with Gasteiger partial charge in [-0.2, -0.15) is 0 Å². The number of likely N-dealkylation sites (tertiary alicyclic amines) is 1. The zero-order valence-electron chi connectivity index (χ0n) is 14.1. The zero-order chi connectivity index (χ0) is 17.3. The van der Waals surface area contributed by atoms with Crippen molar-refractivity contribution >= 4 is 5.97 Å². The Hall–Kier alpha value is -2.24. The summed E-state index contributed by atoms with van der Waals surface area (Å²) in [5, 5.41) is 9.76. The number of nitrogens with zero attached hydrogens (tertiary/aromatic N) is 2. The van der Waals surface area contributed by atoms with Gasteiger partial charge in [-0.3, -0.25) is 14.7 Å². The molecule has 25 heavy (non-hydrogen) atoms. The molecule has 2 aromatic rings. The molecule has 130 valence electrons. The van der Waals surface area contributed by atoms with Gasteiger partial charge in [-0.05, 0) is 24.1 Å². The fraction of sp³-hybridized carbons (Fsp3) is 0.400. The molecule has 0 spiro atoms. The maximum Gasteiger partial charge on any atom is 0.311 e. The maximum absolute atomic E-state index is 11.9. The van der Waals surface area contributed by atoms with E-state index in [1.54, 1.807) is 6.20 Å². The number of benzene rings is 1. The van der Waals surface area contributed by atoms with E-state index in [4.69, 9.17) is 4.74 Å². The van der Waals surface area contributed by atoms with Gasteiger partial charge in [0.05, 0.1) is 17.7 Å². The average molecular weight is 338 g/mol. The summed E-state index contributed by atoms with van der Waals surface area (Å²) in [6, 6.07) is 14.3. The van der Waals surface area contributed by atoms with Crippen molar-refractivity contribution in [2.75, 3.05) is 26.3 Å². The first kappa shape index (κ1) is 16.2. The normalized spacial score (nSPS) is 26.3. The highest BCUT2D eigenvalue weighted by molar-refractivity contribution is 5.76. The van der Waals surface area contributed by atoms with Crippen molar-refractivity contribution < 1.29 is 14.6 Å². The molecule has 1 aromatic heterocycles. The molecule has 5 nitrogen and oxygen atoms in total. The van der Waals surface area contributed by atoms with Crippen LogP contribution in [0.4, 0.5) is 0 Å². The van der Waals surface area contributed by atoms with Crippen LogP contribution in [0.25, 0.3) is 11.3 Å². The molecule has 4 rings (SSSR count). The quantitative estimate of drug-likeness (QED) is 0.929. The van der Waals surface area contributed by atoms with Crippen molar-refractivity contribution in [1.82, 2.24) is 9.88 Å². The number of aromatic nitrogens is 1. The highest BCUT2D eigenvalue weighted by Gasteiger charge is 2.53. The molecule has 2 aliphatic heterocycles. The van der Waals surface area contributed by atoms with E-state index in [-0.39, 0.29) is 5.92 Å². The minimum Gasteiger partial charge on any atom is -0.481 e. The van der Waals surface area contributed by atoms with E-state index in [0.717, 1.165) is 24.3 Å². The van der Waals surface area contributed by atoms with E-state index < -0.39 is 11.4 Å². The molecular weight excluding hydrogens is 316 g/mol. The second-order valence-electron chi connectivity index (χ2n) is 7.06. The van der Waals surface area contributed by atoms with E-state index in [1.165, 1.54) is 5.56 Å². The second-order valence-corrected chi connectivity index (χ2v) is 7.06. The van der Waals surface area contributed by atoms with Crippen LogP contribution in [0.3, 0.4) is 0 Å². The number of carbonyl (C=O) groups is 1. The third kappa shape index (κ3) is 3.05. The van der Waals surface area contributed by atoms with Crippen LogP contribution in [-0.4, -0.2) is 47.3 Å². The Morgan fingerprint density at radius 3 is 2.80 bits per heavy atom. The van der Waals surface area contributed by atoms with Crippen molar-refractivity contribution in [1.29, 1.82) is 0 Å². The Bertz CT molecular complexity index is 747. The summed E-state index contributed by atoms with van der Waals surface area (Å²) in [7, 11) is 0. The van der Waals surface area contributed by atoms with Crippen LogP contribution in [0.15, 0.2) is 48.7 Å². The number of fused-ring (bicyclic) bond motifs is 1. The van der Waals surface area contributed by atoms with E-state index >= 15 is 0 Å². The smallest absolute Gasteiger partial charge is 0.311 e. The molecule has 0 saturated carbocycles. The third-order valence-corrected chi connectivity index (χ3v) is 5.52. The fourth-order valence-electron chi connectivity index (χ4n) is 4.10. The van der Waals surface area contributed by atoms with Crippen LogP contribution in [0.2, 0.25) is 0 Å². The van der Waals surface area contributed by atoms with Gasteiger partial charge in [0, 0.05) is 43.9 Å². The number of hydrogen-bond acceptors (Lipinski definition) is 4. The van der Waals surface area contributed by atoms with Crippen molar-refractivity contribution in [3.8, 4) is 11.3 Å². The second kappa shape index (κ2) is 6.58. The lowest BCUT2D eigenvalue weighted by Crippen LogP contribution is -2.44. The minimum absolute atomic E-state index is 0.0894. The lowest BCUT2D eigenvalue weighted by Gasteiger charge is -2.34. The largest absolute Gasteiger partial charge is 0.481 e. The molecule has 2 atom stereocenters. The molecule has 1 aromatic carbocycles. The van der Waals surface area contributed by atoms with Crippen LogP contribution >= 0.6 is 0 Å². The van der Waals surface area contributed by atoms with Crippen molar-refractivity contribution in [2.45, 2.75) is 13.0 Å². The van der Waals surface area contributed by atoms with Gasteiger partial charge in [0.25, 0.3) is 0 Å². The first-order chi connectivity index (χ1) is 12.2. The maximum atomic E-state index is 11.9. The molecule has 2 aliphatic rings. The van der Waals surface area contributed by atoms with E-state index in [1.807, 2.05) is 18.2 Å². The fourth-order valence-corrected chi connectivity index (χ4v) is 4.10. The number of aliphatic carboxylic acids is 1. The lowest BCUT2D eigenvalue weighted by molar-refractivity contribution is -0.157. The number of rotatable bonds is 4. The van der Waals surface area contributed by atoms with Gasteiger partial charge in [0.2, 0.25) is 0 Å². The molecule has 0 radical (unpaired) electrons. The molecule has 0 amide bonds. The van der Waals surface area contributed by atoms with Crippen LogP contribution < -0.4 is 0 Å². The molecule has 3 heterocycles. The predicted molar refractivity (Wildman–Crippen MR) is 93.9 cm³/mol. The van der Waals surface area contributed by atoms with E-state index in [0.29, 0.717) is 26.2 Å². The van der Waals surface area contributed by atoms with Gasteiger partial charge in [-0.15, -0.1) is 0 Å². The minimum atomic E-state index is -0.672. The van der Waals surface area contributed by atoms with Crippen LogP contribution in [-0.2, 0) is 16.1 Å². The molecule has 1 N–H and O–H groups in total. The first-order valence-corrected chi connectivity index (χ1v) is 8.71. The van der Waals surface area contributed by atoms with Crippen LogP contribution in [0.5, 0.6) is 0 Å². The number of carboxylic acids is 1.